The third-order valence-electron chi connectivity index (χ3n) is 2.80. The summed E-state index contributed by atoms with van der Waals surface area (Å²) in [5.74, 6) is -0.879. The van der Waals surface area contributed by atoms with Crippen LogP contribution >= 0.6 is 0 Å². The van der Waals surface area contributed by atoms with Crippen molar-refractivity contribution >= 4 is 14.8 Å². The molecule has 3 N–H and O–H groups in total. The summed E-state index contributed by atoms with van der Waals surface area (Å²) < 4.78 is 17.0. The van der Waals surface area contributed by atoms with Gasteiger partial charge < -0.3 is 24.1 Å². The molecule has 0 spiro atoms. The average Bonchev–Trinajstić information content (AvgIpc) is 2.55. The third-order valence-corrected chi connectivity index (χ3v) is 5.95. The maximum atomic E-state index is 10.2. The highest BCUT2D eigenvalue weighted by Gasteiger charge is 2.39. The summed E-state index contributed by atoms with van der Waals surface area (Å²) in [5, 5.41) is 8.38. The van der Waals surface area contributed by atoms with Crippen molar-refractivity contribution in [3.63, 3.8) is 0 Å². The molecule has 0 amide bonds. The first-order valence-corrected chi connectivity index (χ1v) is 9.88. The Bertz CT molecular complexity index is 399. The molecule has 0 unspecified atom stereocenters. The zero-order chi connectivity index (χ0) is 17.6. The van der Waals surface area contributed by atoms with E-state index in [9.17, 15) is 4.79 Å². The van der Waals surface area contributed by atoms with Gasteiger partial charge in [-0.2, -0.15) is 0 Å². The van der Waals surface area contributed by atoms with E-state index in [1.165, 1.54) is 0 Å². The van der Waals surface area contributed by atoms with Crippen molar-refractivity contribution in [3.8, 4) is 0 Å². The van der Waals surface area contributed by atoms with E-state index in [1.807, 2.05) is 20.8 Å². The largest absolute Gasteiger partial charge is 0.500 e. The number of hydrogen-bond acceptors (Lipinski definition) is 5. The normalized spacial score (nSPS) is 10.8. The van der Waals surface area contributed by atoms with Crippen LogP contribution in [0.25, 0.3) is 0 Å². The predicted octanol–water partition coefficient (Wildman–Crippen LogP) is 2.77. The lowest BCUT2D eigenvalue weighted by atomic mass is 10.2. The lowest BCUT2D eigenvalue weighted by molar-refractivity contribution is 0.0692. The number of hydrogen-bond donors (Lipinski definition) is 2. The monoisotopic (exact) mass is 343 g/mol. The minimum absolute atomic E-state index is 0.331. The Balaban J connectivity index is 0.000000459. The molecule has 1 rings (SSSR count). The van der Waals surface area contributed by atoms with Gasteiger partial charge in [-0.25, -0.2) is 4.79 Å². The molecule has 1 aromatic carbocycles. The van der Waals surface area contributed by atoms with Crippen LogP contribution in [-0.4, -0.2) is 46.2 Å². The quantitative estimate of drug-likeness (QED) is 0.635. The second-order valence-corrected chi connectivity index (χ2v) is 7.28. The molecule has 23 heavy (non-hydrogen) atoms. The van der Waals surface area contributed by atoms with Gasteiger partial charge in [0.05, 0.1) is 5.56 Å². The van der Waals surface area contributed by atoms with Gasteiger partial charge in [0, 0.05) is 25.9 Å². The third kappa shape index (κ3) is 9.47. The number of carbonyl (C=O) groups is 1. The molecular formula is C16H29NO5Si. The summed E-state index contributed by atoms with van der Waals surface area (Å²) in [6, 6.07) is 9.11. The van der Waals surface area contributed by atoms with Crippen LogP contribution in [0.3, 0.4) is 0 Å². The van der Waals surface area contributed by atoms with Gasteiger partial charge in [-0.05, 0) is 45.9 Å². The van der Waals surface area contributed by atoms with Gasteiger partial charge in [0.2, 0.25) is 0 Å². The molecule has 0 aliphatic heterocycles. The minimum Gasteiger partial charge on any atom is -0.478 e. The van der Waals surface area contributed by atoms with Crippen molar-refractivity contribution < 1.29 is 23.2 Å². The first-order valence-electron chi connectivity index (χ1n) is 7.95. The van der Waals surface area contributed by atoms with Crippen LogP contribution in [0, 0.1) is 0 Å². The average molecular weight is 343 g/mol. The molecule has 0 aromatic heterocycles. The van der Waals surface area contributed by atoms with Crippen molar-refractivity contribution in [1.82, 2.24) is 0 Å². The number of benzene rings is 1. The molecule has 1 aromatic rings. The smallest absolute Gasteiger partial charge is 0.478 e. The number of rotatable bonds is 10. The van der Waals surface area contributed by atoms with Crippen molar-refractivity contribution in [1.29, 1.82) is 0 Å². The van der Waals surface area contributed by atoms with Crippen LogP contribution in [-0.2, 0) is 13.3 Å². The van der Waals surface area contributed by atoms with E-state index < -0.39 is 14.8 Å². The number of carboxylic acids is 1. The fraction of sp³-hybridized carbons (Fsp3) is 0.562. The molecular weight excluding hydrogens is 314 g/mol. The number of nitrogens with two attached hydrogens (primary N) is 1. The molecule has 0 aliphatic carbocycles. The van der Waals surface area contributed by atoms with Gasteiger partial charge >= 0.3 is 14.8 Å². The highest BCUT2D eigenvalue weighted by atomic mass is 28.4. The van der Waals surface area contributed by atoms with E-state index in [1.54, 1.807) is 30.3 Å². The zero-order valence-electron chi connectivity index (χ0n) is 14.3. The van der Waals surface area contributed by atoms with Crippen LogP contribution in [0.4, 0.5) is 0 Å². The van der Waals surface area contributed by atoms with Crippen molar-refractivity contribution in [2.24, 2.45) is 5.73 Å². The van der Waals surface area contributed by atoms with Crippen molar-refractivity contribution in [3.05, 3.63) is 35.9 Å². The molecule has 0 saturated heterocycles. The first kappa shape index (κ1) is 21.7. The second kappa shape index (κ2) is 13.2. The Morgan fingerprint density at radius 3 is 1.83 bits per heavy atom. The van der Waals surface area contributed by atoms with Crippen LogP contribution in [0.5, 0.6) is 0 Å². The molecule has 6 nitrogen and oxygen atoms in total. The van der Waals surface area contributed by atoms with Gasteiger partial charge in [0.15, 0.2) is 0 Å². The van der Waals surface area contributed by atoms with E-state index in [4.69, 9.17) is 24.1 Å². The van der Waals surface area contributed by atoms with E-state index in [0.29, 0.717) is 31.9 Å². The Labute approximate surface area is 139 Å². The summed E-state index contributed by atoms with van der Waals surface area (Å²) >= 11 is 0. The fourth-order valence-electron chi connectivity index (χ4n) is 1.90. The Hall–Kier alpha value is -1.25. The van der Waals surface area contributed by atoms with E-state index in [0.717, 1.165) is 12.5 Å². The number of carboxylic acid groups (broad SMARTS) is 1. The fourth-order valence-corrected chi connectivity index (χ4v) is 4.54. The van der Waals surface area contributed by atoms with Crippen molar-refractivity contribution in [2.45, 2.75) is 33.2 Å². The molecule has 0 fully saturated rings. The Kier molecular flexibility index (Phi) is 12.5. The van der Waals surface area contributed by atoms with E-state index in [2.05, 4.69) is 0 Å². The molecule has 7 heteroatoms. The van der Waals surface area contributed by atoms with Gasteiger partial charge in [-0.3, -0.25) is 0 Å². The second-order valence-electron chi connectivity index (χ2n) is 4.55. The maximum absolute atomic E-state index is 10.2. The van der Waals surface area contributed by atoms with Gasteiger partial charge in [-0.1, -0.05) is 18.2 Å². The zero-order valence-corrected chi connectivity index (χ0v) is 15.3. The lowest BCUT2D eigenvalue weighted by Crippen LogP contribution is -2.46. The van der Waals surface area contributed by atoms with E-state index in [-0.39, 0.29) is 0 Å². The first-order chi connectivity index (χ1) is 11.0. The molecule has 0 aliphatic rings. The summed E-state index contributed by atoms with van der Waals surface area (Å²) in [4.78, 5) is 10.2. The standard InChI is InChI=1S/C9H23NO3Si.C7H6O2/c1-4-11-14(12-5-2,13-6-3)9-7-8-10;8-7(9)6-4-2-1-3-5-6/h4-10H2,1-3H3;1-5H,(H,8,9). The topological polar surface area (TPSA) is 91.0 Å². The van der Waals surface area contributed by atoms with Crippen molar-refractivity contribution in [2.75, 3.05) is 26.4 Å². The van der Waals surface area contributed by atoms with Crippen LogP contribution < -0.4 is 5.73 Å². The van der Waals surface area contributed by atoms with Gasteiger partial charge in [0.25, 0.3) is 0 Å². The molecule has 0 bridgehead atoms. The number of aromatic carboxylic acids is 1. The highest BCUT2D eigenvalue weighted by Crippen LogP contribution is 2.17. The molecule has 0 radical (unpaired) electrons. The van der Waals surface area contributed by atoms with Crippen LogP contribution in [0.15, 0.2) is 30.3 Å². The minimum atomic E-state index is -2.40. The SMILES string of the molecule is CCO[Si](CCCN)(OCC)OCC.O=C(O)c1ccccc1. The molecule has 0 saturated carbocycles. The Morgan fingerprint density at radius 1 is 1.04 bits per heavy atom. The molecule has 0 atom stereocenters. The summed E-state index contributed by atoms with van der Waals surface area (Å²) in [6.45, 7) is 8.44. The summed E-state index contributed by atoms with van der Waals surface area (Å²) in [7, 11) is -2.40. The van der Waals surface area contributed by atoms with Gasteiger partial charge in [0.1, 0.15) is 0 Å². The summed E-state index contributed by atoms with van der Waals surface area (Å²) in [5.41, 5.74) is 5.81. The highest BCUT2D eigenvalue weighted by molar-refractivity contribution is 6.60. The molecule has 132 valence electrons. The van der Waals surface area contributed by atoms with Gasteiger partial charge in [-0.15, -0.1) is 0 Å². The van der Waals surface area contributed by atoms with E-state index >= 15 is 0 Å². The lowest BCUT2D eigenvalue weighted by Gasteiger charge is -2.28. The predicted molar refractivity (Wildman–Crippen MR) is 92.5 cm³/mol. The molecule has 0 heterocycles. The Morgan fingerprint density at radius 2 is 1.52 bits per heavy atom. The maximum Gasteiger partial charge on any atom is 0.500 e. The summed E-state index contributed by atoms with van der Waals surface area (Å²) in [6.07, 6.45) is 0.895. The van der Waals surface area contributed by atoms with Crippen LogP contribution in [0.1, 0.15) is 37.6 Å². The van der Waals surface area contributed by atoms with Crippen LogP contribution in [0.2, 0.25) is 6.04 Å².